The third kappa shape index (κ3) is 3.11. The van der Waals surface area contributed by atoms with E-state index < -0.39 is 5.97 Å². The smallest absolute Gasteiger partial charge is 0.306 e. The maximum atomic E-state index is 12.6. The van der Waals surface area contributed by atoms with Gasteiger partial charge in [0.25, 0.3) is 5.91 Å². The van der Waals surface area contributed by atoms with Gasteiger partial charge < -0.3 is 14.4 Å². The molecule has 3 rings (SSSR count). The third-order valence-corrected chi connectivity index (χ3v) is 4.36. The molecular formula is C17H18N2O4. The summed E-state index contributed by atoms with van der Waals surface area (Å²) >= 11 is 0. The maximum Gasteiger partial charge on any atom is 0.306 e. The lowest BCUT2D eigenvalue weighted by Crippen LogP contribution is -2.44. The number of amides is 1. The Balaban J connectivity index is 1.70. The highest BCUT2D eigenvalue weighted by molar-refractivity contribution is 5.94. The first kappa shape index (κ1) is 15.3. The van der Waals surface area contributed by atoms with E-state index in [1.165, 1.54) is 6.39 Å². The molecule has 1 N–H and O–H groups in total. The standard InChI is InChI=1S/C17H18N2O4/c1-11-9-19(7-6-14(11)17(21)22)16(20)13-4-2-12(3-5-13)15-8-18-10-23-15/h2-5,8,10-11,14H,6-7,9H2,1H3,(H,21,22). The molecule has 6 heteroatoms. The number of aliphatic carboxylic acids is 1. The zero-order valence-corrected chi connectivity index (χ0v) is 12.8. The Morgan fingerprint density at radius 3 is 2.61 bits per heavy atom. The van der Waals surface area contributed by atoms with E-state index in [9.17, 15) is 9.59 Å². The van der Waals surface area contributed by atoms with Crippen molar-refractivity contribution in [1.29, 1.82) is 0 Å². The zero-order chi connectivity index (χ0) is 16.4. The minimum atomic E-state index is -0.777. The summed E-state index contributed by atoms with van der Waals surface area (Å²) in [4.78, 5) is 29.3. The van der Waals surface area contributed by atoms with E-state index in [-0.39, 0.29) is 17.7 Å². The molecule has 120 valence electrons. The minimum Gasteiger partial charge on any atom is -0.481 e. The minimum absolute atomic E-state index is 0.0429. The summed E-state index contributed by atoms with van der Waals surface area (Å²) < 4.78 is 5.22. The van der Waals surface area contributed by atoms with Gasteiger partial charge in [-0.2, -0.15) is 0 Å². The summed E-state index contributed by atoms with van der Waals surface area (Å²) in [5, 5.41) is 9.15. The summed E-state index contributed by atoms with van der Waals surface area (Å²) in [5.74, 6) is -0.600. The Hall–Kier alpha value is -2.63. The van der Waals surface area contributed by atoms with Crippen molar-refractivity contribution in [2.24, 2.45) is 11.8 Å². The molecule has 1 aliphatic rings. The van der Waals surface area contributed by atoms with Crippen LogP contribution in [0.15, 0.2) is 41.3 Å². The molecule has 0 aliphatic carbocycles. The summed E-state index contributed by atoms with van der Waals surface area (Å²) in [5.41, 5.74) is 1.45. The van der Waals surface area contributed by atoms with Crippen LogP contribution in [0.4, 0.5) is 0 Å². The first-order valence-corrected chi connectivity index (χ1v) is 7.57. The number of nitrogens with zero attached hydrogens (tertiary/aromatic N) is 2. The molecule has 0 spiro atoms. The van der Waals surface area contributed by atoms with E-state index in [4.69, 9.17) is 9.52 Å². The van der Waals surface area contributed by atoms with E-state index in [0.717, 1.165) is 5.56 Å². The molecule has 0 saturated carbocycles. The van der Waals surface area contributed by atoms with Gasteiger partial charge in [-0.1, -0.05) is 19.1 Å². The second-order valence-electron chi connectivity index (χ2n) is 5.90. The van der Waals surface area contributed by atoms with Crippen molar-refractivity contribution in [3.05, 3.63) is 42.4 Å². The van der Waals surface area contributed by atoms with Gasteiger partial charge in [-0.15, -0.1) is 0 Å². The lowest BCUT2D eigenvalue weighted by molar-refractivity contribution is -0.145. The number of likely N-dealkylation sites (tertiary alicyclic amines) is 1. The second-order valence-corrected chi connectivity index (χ2v) is 5.90. The molecule has 1 saturated heterocycles. The van der Waals surface area contributed by atoms with E-state index in [1.54, 1.807) is 23.2 Å². The van der Waals surface area contributed by atoms with Crippen molar-refractivity contribution in [2.45, 2.75) is 13.3 Å². The summed E-state index contributed by atoms with van der Waals surface area (Å²) in [6.07, 6.45) is 3.48. The van der Waals surface area contributed by atoms with Crippen LogP contribution in [-0.4, -0.2) is 40.0 Å². The summed E-state index contributed by atoms with van der Waals surface area (Å²) in [6.45, 7) is 2.83. The Labute approximate surface area is 133 Å². The van der Waals surface area contributed by atoms with Crippen molar-refractivity contribution in [3.63, 3.8) is 0 Å². The highest BCUT2D eigenvalue weighted by Crippen LogP contribution is 2.25. The van der Waals surface area contributed by atoms with Gasteiger partial charge in [0.2, 0.25) is 0 Å². The Bertz CT molecular complexity index is 694. The van der Waals surface area contributed by atoms with Crippen molar-refractivity contribution < 1.29 is 19.1 Å². The van der Waals surface area contributed by atoms with E-state index in [1.807, 2.05) is 19.1 Å². The van der Waals surface area contributed by atoms with Gasteiger partial charge >= 0.3 is 5.97 Å². The van der Waals surface area contributed by atoms with Crippen LogP contribution in [-0.2, 0) is 4.79 Å². The van der Waals surface area contributed by atoms with E-state index >= 15 is 0 Å². The first-order chi connectivity index (χ1) is 11.1. The number of aromatic nitrogens is 1. The van der Waals surface area contributed by atoms with Crippen LogP contribution >= 0.6 is 0 Å². The average Bonchev–Trinajstić information content (AvgIpc) is 3.08. The zero-order valence-electron chi connectivity index (χ0n) is 12.8. The molecule has 1 aromatic carbocycles. The van der Waals surface area contributed by atoms with Crippen molar-refractivity contribution >= 4 is 11.9 Å². The molecule has 1 aliphatic heterocycles. The molecule has 0 bridgehead atoms. The molecule has 0 radical (unpaired) electrons. The molecule has 2 heterocycles. The highest BCUT2D eigenvalue weighted by Gasteiger charge is 2.33. The largest absolute Gasteiger partial charge is 0.481 e. The Morgan fingerprint density at radius 2 is 2.04 bits per heavy atom. The normalized spacial score (nSPS) is 21.2. The topological polar surface area (TPSA) is 83.6 Å². The van der Waals surface area contributed by atoms with Crippen molar-refractivity contribution in [3.8, 4) is 11.3 Å². The van der Waals surface area contributed by atoms with E-state index in [2.05, 4.69) is 4.98 Å². The van der Waals surface area contributed by atoms with Gasteiger partial charge in [0.15, 0.2) is 12.2 Å². The van der Waals surface area contributed by atoms with Gasteiger partial charge in [0.05, 0.1) is 12.1 Å². The molecular weight excluding hydrogens is 296 g/mol. The van der Waals surface area contributed by atoms with Crippen LogP contribution in [0.25, 0.3) is 11.3 Å². The Morgan fingerprint density at radius 1 is 1.30 bits per heavy atom. The molecule has 1 amide bonds. The number of carbonyl (C=O) groups is 2. The number of carboxylic acids is 1. The van der Waals surface area contributed by atoms with Gasteiger partial charge in [-0.25, -0.2) is 4.98 Å². The predicted octanol–water partition coefficient (Wildman–Crippen LogP) is 2.52. The monoisotopic (exact) mass is 314 g/mol. The van der Waals surface area contributed by atoms with Gasteiger partial charge in [0, 0.05) is 24.2 Å². The van der Waals surface area contributed by atoms with Crippen LogP contribution in [0, 0.1) is 11.8 Å². The third-order valence-electron chi connectivity index (χ3n) is 4.36. The number of hydrogen-bond donors (Lipinski definition) is 1. The molecule has 23 heavy (non-hydrogen) atoms. The second kappa shape index (κ2) is 6.24. The number of rotatable bonds is 3. The lowest BCUT2D eigenvalue weighted by atomic mass is 9.87. The SMILES string of the molecule is CC1CN(C(=O)c2ccc(-c3cnco3)cc2)CCC1C(=O)O. The number of benzene rings is 1. The van der Waals surface area contributed by atoms with E-state index in [0.29, 0.717) is 30.8 Å². The predicted molar refractivity (Wildman–Crippen MR) is 82.7 cm³/mol. The molecule has 6 nitrogen and oxygen atoms in total. The number of piperidine rings is 1. The average molecular weight is 314 g/mol. The van der Waals surface area contributed by atoms with Crippen LogP contribution in [0.3, 0.4) is 0 Å². The van der Waals surface area contributed by atoms with Gasteiger partial charge in [-0.05, 0) is 24.5 Å². The number of hydrogen-bond acceptors (Lipinski definition) is 4. The van der Waals surface area contributed by atoms with Crippen molar-refractivity contribution in [1.82, 2.24) is 9.88 Å². The fourth-order valence-electron chi connectivity index (χ4n) is 3.01. The maximum absolute atomic E-state index is 12.6. The molecule has 2 aromatic rings. The molecule has 1 fully saturated rings. The quantitative estimate of drug-likeness (QED) is 0.941. The summed E-state index contributed by atoms with van der Waals surface area (Å²) in [7, 11) is 0. The van der Waals surface area contributed by atoms with Crippen LogP contribution < -0.4 is 0 Å². The number of carboxylic acid groups (broad SMARTS) is 1. The lowest BCUT2D eigenvalue weighted by Gasteiger charge is -2.35. The van der Waals surface area contributed by atoms with Gasteiger partial charge in [-0.3, -0.25) is 9.59 Å². The summed E-state index contributed by atoms with van der Waals surface area (Å²) in [6, 6.07) is 7.16. The number of oxazole rings is 1. The highest BCUT2D eigenvalue weighted by atomic mass is 16.4. The fraction of sp³-hybridized carbons (Fsp3) is 0.353. The van der Waals surface area contributed by atoms with Crippen molar-refractivity contribution in [2.75, 3.05) is 13.1 Å². The number of carbonyl (C=O) groups excluding carboxylic acids is 1. The first-order valence-electron chi connectivity index (χ1n) is 7.57. The molecule has 2 atom stereocenters. The van der Waals surface area contributed by atoms with Crippen LogP contribution in [0.5, 0.6) is 0 Å². The molecule has 1 aromatic heterocycles. The fourth-order valence-corrected chi connectivity index (χ4v) is 3.01. The molecule has 2 unspecified atom stereocenters. The van der Waals surface area contributed by atoms with Crippen LogP contribution in [0.1, 0.15) is 23.7 Å². The Kier molecular flexibility index (Phi) is 4.14. The van der Waals surface area contributed by atoms with Gasteiger partial charge in [0.1, 0.15) is 0 Å². The van der Waals surface area contributed by atoms with Crippen LogP contribution in [0.2, 0.25) is 0 Å².